The SMILES string of the molecule is COCCC1(CNc2ccc(S(=O)(=O)N(C)C)cn2)CC1. The molecule has 1 aliphatic rings. The molecule has 21 heavy (non-hydrogen) atoms. The van der Waals surface area contributed by atoms with Crippen LogP contribution in [0.5, 0.6) is 0 Å². The van der Waals surface area contributed by atoms with Crippen molar-refractivity contribution >= 4 is 15.8 Å². The van der Waals surface area contributed by atoms with Gasteiger partial charge in [0.05, 0.1) is 0 Å². The molecule has 1 aromatic heterocycles. The zero-order chi connectivity index (χ0) is 15.5. The van der Waals surface area contributed by atoms with Gasteiger partial charge in [-0.15, -0.1) is 0 Å². The maximum Gasteiger partial charge on any atom is 0.244 e. The van der Waals surface area contributed by atoms with Gasteiger partial charge in [-0.3, -0.25) is 0 Å². The normalized spacial score (nSPS) is 17.0. The smallest absolute Gasteiger partial charge is 0.244 e. The molecule has 7 heteroatoms. The predicted molar refractivity (Wildman–Crippen MR) is 81.8 cm³/mol. The van der Waals surface area contributed by atoms with E-state index in [1.165, 1.54) is 37.4 Å². The third kappa shape index (κ3) is 3.93. The zero-order valence-corrected chi connectivity index (χ0v) is 13.6. The molecule has 2 rings (SSSR count). The molecule has 0 radical (unpaired) electrons. The van der Waals surface area contributed by atoms with Gasteiger partial charge in [0, 0.05) is 40.6 Å². The maximum absolute atomic E-state index is 11.9. The van der Waals surface area contributed by atoms with Gasteiger partial charge in [-0.05, 0) is 36.8 Å². The lowest BCUT2D eigenvalue weighted by atomic mass is 10.0. The van der Waals surface area contributed by atoms with Crippen LogP contribution in [-0.2, 0) is 14.8 Å². The van der Waals surface area contributed by atoms with E-state index in [2.05, 4.69) is 10.3 Å². The topological polar surface area (TPSA) is 71.5 Å². The number of anilines is 1. The Hall–Kier alpha value is -1.18. The molecule has 1 saturated carbocycles. The highest BCUT2D eigenvalue weighted by Gasteiger charge is 2.41. The van der Waals surface area contributed by atoms with Crippen LogP contribution in [-0.4, -0.2) is 52.1 Å². The van der Waals surface area contributed by atoms with Crippen LogP contribution in [0.15, 0.2) is 23.2 Å². The second kappa shape index (κ2) is 6.29. The molecule has 0 bridgehead atoms. The molecule has 0 atom stereocenters. The molecule has 1 aliphatic carbocycles. The molecule has 0 spiro atoms. The van der Waals surface area contributed by atoms with Crippen LogP contribution >= 0.6 is 0 Å². The van der Waals surface area contributed by atoms with E-state index in [4.69, 9.17) is 4.74 Å². The third-order valence-electron chi connectivity index (χ3n) is 3.95. The van der Waals surface area contributed by atoms with Gasteiger partial charge in [0.15, 0.2) is 0 Å². The van der Waals surface area contributed by atoms with Crippen molar-refractivity contribution in [2.75, 3.05) is 39.7 Å². The Morgan fingerprint density at radius 2 is 2.10 bits per heavy atom. The maximum atomic E-state index is 11.9. The van der Waals surface area contributed by atoms with Crippen molar-refractivity contribution in [1.82, 2.24) is 9.29 Å². The number of nitrogens with one attached hydrogen (secondary N) is 1. The minimum Gasteiger partial charge on any atom is -0.385 e. The number of rotatable bonds is 8. The van der Waals surface area contributed by atoms with E-state index in [0.717, 1.165) is 19.6 Å². The number of ether oxygens (including phenoxy) is 1. The van der Waals surface area contributed by atoms with Crippen LogP contribution in [0.25, 0.3) is 0 Å². The van der Waals surface area contributed by atoms with Crippen LogP contribution in [0.1, 0.15) is 19.3 Å². The summed E-state index contributed by atoms with van der Waals surface area (Å²) < 4.78 is 30.2. The van der Waals surface area contributed by atoms with Crippen molar-refractivity contribution in [3.8, 4) is 0 Å². The summed E-state index contributed by atoms with van der Waals surface area (Å²) in [6, 6.07) is 3.29. The van der Waals surface area contributed by atoms with E-state index >= 15 is 0 Å². The molecule has 1 fully saturated rings. The fourth-order valence-electron chi connectivity index (χ4n) is 2.14. The van der Waals surface area contributed by atoms with Crippen LogP contribution < -0.4 is 5.32 Å². The van der Waals surface area contributed by atoms with Crippen molar-refractivity contribution in [3.05, 3.63) is 18.3 Å². The average molecular weight is 313 g/mol. The Kier molecular flexibility index (Phi) is 4.85. The highest BCUT2D eigenvalue weighted by Crippen LogP contribution is 2.48. The van der Waals surface area contributed by atoms with E-state index in [1.807, 2.05) is 0 Å². The molecule has 0 aromatic carbocycles. The first-order valence-corrected chi connectivity index (χ1v) is 8.45. The number of hydrogen-bond acceptors (Lipinski definition) is 5. The summed E-state index contributed by atoms with van der Waals surface area (Å²) in [4.78, 5) is 4.40. The van der Waals surface area contributed by atoms with Gasteiger partial charge in [0.1, 0.15) is 10.7 Å². The minimum absolute atomic E-state index is 0.207. The van der Waals surface area contributed by atoms with Gasteiger partial charge >= 0.3 is 0 Å². The first kappa shape index (κ1) is 16.2. The summed E-state index contributed by atoms with van der Waals surface area (Å²) in [6.07, 6.45) is 4.85. The van der Waals surface area contributed by atoms with Gasteiger partial charge in [-0.2, -0.15) is 0 Å². The lowest BCUT2D eigenvalue weighted by molar-refractivity contribution is 0.175. The summed E-state index contributed by atoms with van der Waals surface area (Å²) in [7, 11) is 1.32. The molecule has 0 saturated heterocycles. The van der Waals surface area contributed by atoms with Crippen LogP contribution in [0.3, 0.4) is 0 Å². The van der Waals surface area contributed by atoms with Crippen LogP contribution in [0.4, 0.5) is 5.82 Å². The monoisotopic (exact) mass is 313 g/mol. The van der Waals surface area contributed by atoms with E-state index in [9.17, 15) is 8.42 Å². The van der Waals surface area contributed by atoms with Gasteiger partial charge in [0.2, 0.25) is 10.0 Å². The van der Waals surface area contributed by atoms with Crippen LogP contribution in [0, 0.1) is 5.41 Å². The summed E-state index contributed by atoms with van der Waals surface area (Å²) >= 11 is 0. The summed E-state index contributed by atoms with van der Waals surface area (Å²) in [5.41, 5.74) is 0.325. The average Bonchev–Trinajstić information content (AvgIpc) is 3.24. The lowest BCUT2D eigenvalue weighted by Crippen LogP contribution is -2.22. The molecule has 1 heterocycles. The molecule has 0 amide bonds. The van der Waals surface area contributed by atoms with Crippen molar-refractivity contribution in [3.63, 3.8) is 0 Å². The summed E-state index contributed by atoms with van der Waals surface area (Å²) in [5.74, 6) is 0.705. The van der Waals surface area contributed by atoms with Crippen molar-refractivity contribution in [2.45, 2.75) is 24.2 Å². The number of methoxy groups -OCH3 is 1. The van der Waals surface area contributed by atoms with E-state index in [-0.39, 0.29) is 4.90 Å². The Bertz CT molecular complexity index is 566. The number of hydrogen-bond donors (Lipinski definition) is 1. The van der Waals surface area contributed by atoms with Gasteiger partial charge < -0.3 is 10.1 Å². The predicted octanol–water partition coefficient (Wildman–Crippen LogP) is 1.56. The van der Waals surface area contributed by atoms with E-state index < -0.39 is 10.0 Å². The molecule has 0 aliphatic heterocycles. The Morgan fingerprint density at radius 1 is 1.38 bits per heavy atom. The Morgan fingerprint density at radius 3 is 2.57 bits per heavy atom. The standard InChI is InChI=1S/C14H23N3O3S/c1-17(2)21(18,19)12-4-5-13(15-10-12)16-11-14(6-7-14)8-9-20-3/h4-5,10H,6-9,11H2,1-3H3,(H,15,16). The molecule has 118 valence electrons. The molecular formula is C14H23N3O3S. The number of aromatic nitrogens is 1. The highest BCUT2D eigenvalue weighted by atomic mass is 32.2. The van der Waals surface area contributed by atoms with Gasteiger partial charge in [0.25, 0.3) is 0 Å². The number of pyridine rings is 1. The molecule has 1 N–H and O–H groups in total. The van der Waals surface area contributed by atoms with Gasteiger partial charge in [-0.1, -0.05) is 0 Å². The molecule has 6 nitrogen and oxygen atoms in total. The Labute approximate surface area is 126 Å². The number of sulfonamides is 1. The largest absolute Gasteiger partial charge is 0.385 e. The molecular weight excluding hydrogens is 290 g/mol. The minimum atomic E-state index is -3.41. The van der Waals surface area contributed by atoms with E-state index in [1.54, 1.807) is 19.2 Å². The second-order valence-corrected chi connectivity index (χ2v) is 7.91. The van der Waals surface area contributed by atoms with Crippen LogP contribution in [0.2, 0.25) is 0 Å². The quantitative estimate of drug-likeness (QED) is 0.788. The van der Waals surface area contributed by atoms with E-state index in [0.29, 0.717) is 11.2 Å². The Balaban J connectivity index is 1.95. The third-order valence-corrected chi connectivity index (χ3v) is 5.75. The molecule has 1 aromatic rings. The first-order chi connectivity index (χ1) is 9.89. The fourth-order valence-corrected chi connectivity index (χ4v) is 2.98. The lowest BCUT2D eigenvalue weighted by Gasteiger charge is -2.16. The highest BCUT2D eigenvalue weighted by molar-refractivity contribution is 7.89. The fraction of sp³-hybridized carbons (Fsp3) is 0.643. The zero-order valence-electron chi connectivity index (χ0n) is 12.8. The summed E-state index contributed by atoms with van der Waals surface area (Å²) in [5, 5.41) is 3.29. The van der Waals surface area contributed by atoms with Crippen molar-refractivity contribution in [1.29, 1.82) is 0 Å². The molecule has 0 unspecified atom stereocenters. The second-order valence-electron chi connectivity index (χ2n) is 5.76. The first-order valence-electron chi connectivity index (χ1n) is 7.01. The van der Waals surface area contributed by atoms with Crippen molar-refractivity contribution in [2.24, 2.45) is 5.41 Å². The number of nitrogens with zero attached hydrogens (tertiary/aromatic N) is 2. The van der Waals surface area contributed by atoms with Gasteiger partial charge in [-0.25, -0.2) is 17.7 Å². The van der Waals surface area contributed by atoms with Crippen molar-refractivity contribution < 1.29 is 13.2 Å². The summed E-state index contributed by atoms with van der Waals surface area (Å²) in [6.45, 7) is 1.62.